The molecule has 0 radical (unpaired) electrons. The van der Waals surface area contributed by atoms with Crippen LogP contribution in [0.5, 0.6) is 5.75 Å². The summed E-state index contributed by atoms with van der Waals surface area (Å²) in [6, 6.07) is 0.913. The Balaban J connectivity index is 3.14. The van der Waals surface area contributed by atoms with Gasteiger partial charge < -0.3 is 10.1 Å². The molecule has 1 aromatic carbocycles. The predicted molar refractivity (Wildman–Crippen MR) is 69.7 cm³/mol. The maximum absolute atomic E-state index is 13.7. The first-order chi connectivity index (χ1) is 9.66. The molecular weight excluding hydrogens is 306 g/mol. The van der Waals surface area contributed by atoms with Gasteiger partial charge in [-0.3, -0.25) is 4.79 Å². The topological polar surface area (TPSA) is 98.5 Å². The smallest absolute Gasteiger partial charge is 0.261 e. The Kier molecular flexibility index (Phi) is 5.23. The van der Waals surface area contributed by atoms with Crippen molar-refractivity contribution in [3.8, 4) is 18.1 Å². The van der Waals surface area contributed by atoms with Crippen molar-refractivity contribution in [3.63, 3.8) is 0 Å². The van der Waals surface area contributed by atoms with Crippen LogP contribution in [0.15, 0.2) is 17.0 Å². The van der Waals surface area contributed by atoms with Gasteiger partial charge in [0.2, 0.25) is 10.0 Å². The molecule has 0 spiro atoms. The molecule has 9 heteroatoms. The molecule has 1 amide bonds. The number of hydrogen-bond donors (Lipinski definition) is 2. The molecule has 0 aromatic heterocycles. The lowest BCUT2D eigenvalue weighted by atomic mass is 10.3. The van der Waals surface area contributed by atoms with E-state index in [1.54, 1.807) is 0 Å². The molecular formula is C12H12F2N2O4S. The first-order valence-corrected chi connectivity index (χ1v) is 7.11. The fourth-order valence-corrected chi connectivity index (χ4v) is 2.06. The lowest BCUT2D eigenvalue weighted by Gasteiger charge is -2.16. The van der Waals surface area contributed by atoms with Crippen LogP contribution in [-0.4, -0.2) is 27.0 Å². The van der Waals surface area contributed by atoms with E-state index in [2.05, 4.69) is 11.2 Å². The SMILES string of the molecule is C#CCNC(=O)C(C)Oc1c(F)cc(F)cc1S(N)(=O)=O. The molecule has 114 valence electrons. The van der Waals surface area contributed by atoms with E-state index >= 15 is 0 Å². The van der Waals surface area contributed by atoms with Crippen LogP contribution in [0.25, 0.3) is 0 Å². The highest BCUT2D eigenvalue weighted by Gasteiger charge is 2.25. The molecule has 3 N–H and O–H groups in total. The van der Waals surface area contributed by atoms with Gasteiger partial charge in [0.15, 0.2) is 17.7 Å². The van der Waals surface area contributed by atoms with Crippen LogP contribution >= 0.6 is 0 Å². The summed E-state index contributed by atoms with van der Waals surface area (Å²) in [5, 5.41) is 7.12. The Labute approximate surface area is 120 Å². The number of sulfonamides is 1. The largest absolute Gasteiger partial charge is 0.476 e. The van der Waals surface area contributed by atoms with Crippen molar-refractivity contribution in [2.24, 2.45) is 5.14 Å². The monoisotopic (exact) mass is 318 g/mol. The fourth-order valence-electron chi connectivity index (χ4n) is 1.37. The second-order valence-electron chi connectivity index (χ2n) is 3.94. The standard InChI is InChI=1S/C12H12F2N2O4S/c1-3-4-16-12(17)7(2)20-11-9(14)5-8(13)6-10(11)21(15,18)19/h1,5-7H,4H2,2H3,(H,16,17)(H2,15,18,19). The molecule has 0 bridgehead atoms. The van der Waals surface area contributed by atoms with E-state index in [-0.39, 0.29) is 6.54 Å². The molecule has 0 aliphatic heterocycles. The third-order valence-electron chi connectivity index (χ3n) is 2.31. The van der Waals surface area contributed by atoms with Crippen LogP contribution in [0.2, 0.25) is 0 Å². The Bertz CT molecular complexity index is 698. The zero-order valence-electron chi connectivity index (χ0n) is 10.9. The lowest BCUT2D eigenvalue weighted by Crippen LogP contribution is -2.37. The van der Waals surface area contributed by atoms with Crippen molar-refractivity contribution in [3.05, 3.63) is 23.8 Å². The summed E-state index contributed by atoms with van der Waals surface area (Å²) >= 11 is 0. The quantitative estimate of drug-likeness (QED) is 0.754. The predicted octanol–water partition coefficient (Wildman–Crippen LogP) is 0.129. The minimum atomic E-state index is -4.44. The van der Waals surface area contributed by atoms with Gasteiger partial charge in [-0.2, -0.15) is 0 Å². The third kappa shape index (κ3) is 4.40. The minimum Gasteiger partial charge on any atom is -0.476 e. The maximum Gasteiger partial charge on any atom is 0.261 e. The third-order valence-corrected chi connectivity index (χ3v) is 3.23. The fraction of sp³-hybridized carbons (Fsp3) is 0.250. The molecule has 0 heterocycles. The van der Waals surface area contributed by atoms with E-state index in [1.165, 1.54) is 6.92 Å². The van der Waals surface area contributed by atoms with Gasteiger partial charge in [0.05, 0.1) is 6.54 Å². The zero-order chi connectivity index (χ0) is 16.2. The molecule has 21 heavy (non-hydrogen) atoms. The van der Waals surface area contributed by atoms with Crippen LogP contribution < -0.4 is 15.2 Å². The van der Waals surface area contributed by atoms with Gasteiger partial charge in [-0.1, -0.05) is 5.92 Å². The number of nitrogens with one attached hydrogen (secondary N) is 1. The molecule has 0 saturated heterocycles. The van der Waals surface area contributed by atoms with Gasteiger partial charge in [0, 0.05) is 6.07 Å². The number of terminal acetylenes is 1. The number of hydrogen-bond acceptors (Lipinski definition) is 4. The second-order valence-corrected chi connectivity index (χ2v) is 5.47. The summed E-state index contributed by atoms with van der Waals surface area (Å²) in [5.41, 5.74) is 0. The average molecular weight is 318 g/mol. The Morgan fingerprint density at radius 2 is 2.14 bits per heavy atom. The van der Waals surface area contributed by atoms with Crippen LogP contribution in [-0.2, 0) is 14.8 Å². The highest BCUT2D eigenvalue weighted by atomic mass is 32.2. The zero-order valence-corrected chi connectivity index (χ0v) is 11.7. The van der Waals surface area contributed by atoms with Gasteiger partial charge >= 0.3 is 0 Å². The van der Waals surface area contributed by atoms with Gasteiger partial charge in [-0.25, -0.2) is 22.3 Å². The van der Waals surface area contributed by atoms with Gasteiger partial charge in [0.1, 0.15) is 10.7 Å². The highest BCUT2D eigenvalue weighted by Crippen LogP contribution is 2.28. The first kappa shape index (κ1) is 16.9. The number of ether oxygens (including phenoxy) is 1. The van der Waals surface area contributed by atoms with E-state index in [0.29, 0.717) is 12.1 Å². The van der Waals surface area contributed by atoms with E-state index < -0.39 is 44.3 Å². The van der Waals surface area contributed by atoms with Crippen molar-refractivity contribution in [2.75, 3.05) is 6.54 Å². The number of primary sulfonamides is 1. The number of carbonyl (C=O) groups excluding carboxylic acids is 1. The molecule has 0 saturated carbocycles. The van der Waals surface area contributed by atoms with Crippen LogP contribution in [0.3, 0.4) is 0 Å². The van der Waals surface area contributed by atoms with E-state index in [0.717, 1.165) is 0 Å². The number of rotatable bonds is 5. The Hall–Kier alpha value is -2.18. The summed E-state index contributed by atoms with van der Waals surface area (Å²) in [7, 11) is -4.44. The number of carbonyl (C=O) groups is 1. The van der Waals surface area contributed by atoms with Crippen molar-refractivity contribution in [1.29, 1.82) is 0 Å². The molecule has 1 unspecified atom stereocenters. The summed E-state index contributed by atoms with van der Waals surface area (Å²) in [5.74, 6) is -1.82. The molecule has 1 rings (SSSR count). The van der Waals surface area contributed by atoms with Gasteiger partial charge in [-0.15, -0.1) is 6.42 Å². The van der Waals surface area contributed by atoms with Crippen molar-refractivity contribution < 1.29 is 26.7 Å². The van der Waals surface area contributed by atoms with Crippen LogP contribution in [0.1, 0.15) is 6.92 Å². The first-order valence-electron chi connectivity index (χ1n) is 5.56. The number of benzene rings is 1. The summed E-state index contributed by atoms with van der Waals surface area (Å²) in [6.07, 6.45) is 3.68. The van der Waals surface area contributed by atoms with Crippen molar-refractivity contribution >= 4 is 15.9 Å². The molecule has 1 atom stereocenters. The Morgan fingerprint density at radius 3 is 2.67 bits per heavy atom. The minimum absolute atomic E-state index is 0.0829. The molecule has 0 aliphatic carbocycles. The molecule has 1 aromatic rings. The van der Waals surface area contributed by atoms with Crippen LogP contribution in [0, 0.1) is 24.0 Å². The number of halogens is 2. The summed E-state index contributed by atoms with van der Waals surface area (Å²) < 4.78 is 54.3. The molecule has 6 nitrogen and oxygen atoms in total. The van der Waals surface area contributed by atoms with E-state index in [9.17, 15) is 22.0 Å². The van der Waals surface area contributed by atoms with Crippen molar-refractivity contribution in [1.82, 2.24) is 5.32 Å². The normalized spacial score (nSPS) is 12.3. The highest BCUT2D eigenvalue weighted by molar-refractivity contribution is 7.89. The van der Waals surface area contributed by atoms with Crippen molar-refractivity contribution in [2.45, 2.75) is 17.9 Å². The summed E-state index contributed by atoms with van der Waals surface area (Å²) in [4.78, 5) is 10.6. The van der Waals surface area contributed by atoms with Gasteiger partial charge in [0.25, 0.3) is 5.91 Å². The maximum atomic E-state index is 13.7. The average Bonchev–Trinajstić information content (AvgIpc) is 2.37. The lowest BCUT2D eigenvalue weighted by molar-refractivity contribution is -0.127. The number of amides is 1. The Morgan fingerprint density at radius 1 is 1.52 bits per heavy atom. The second kappa shape index (κ2) is 6.51. The molecule has 0 fully saturated rings. The van der Waals surface area contributed by atoms with E-state index in [1.807, 2.05) is 0 Å². The van der Waals surface area contributed by atoms with E-state index in [4.69, 9.17) is 16.3 Å². The van der Waals surface area contributed by atoms with Crippen LogP contribution in [0.4, 0.5) is 8.78 Å². The van der Waals surface area contributed by atoms with Gasteiger partial charge in [-0.05, 0) is 13.0 Å². The summed E-state index contributed by atoms with van der Waals surface area (Å²) in [6.45, 7) is 1.15. The molecule has 0 aliphatic rings. The number of nitrogens with two attached hydrogens (primary N) is 1.